The largest absolute Gasteiger partial charge is 0.477 e. The molecule has 0 spiro atoms. The number of carboxylic acid groups (broad SMARTS) is 1. The predicted octanol–water partition coefficient (Wildman–Crippen LogP) is 0.604. The van der Waals surface area contributed by atoms with Gasteiger partial charge in [-0.3, -0.25) is 4.79 Å². The zero-order chi connectivity index (χ0) is 13.8. The van der Waals surface area contributed by atoms with Gasteiger partial charge in [-0.2, -0.15) is 0 Å². The van der Waals surface area contributed by atoms with Gasteiger partial charge in [-0.1, -0.05) is 0 Å². The van der Waals surface area contributed by atoms with Gasteiger partial charge in [-0.25, -0.2) is 9.78 Å². The average Bonchev–Trinajstić information content (AvgIpc) is 3.23. The Hall–Kier alpha value is -1.95. The van der Waals surface area contributed by atoms with Gasteiger partial charge in [0.2, 0.25) is 0 Å². The quantitative estimate of drug-likeness (QED) is 0.785. The van der Waals surface area contributed by atoms with Crippen molar-refractivity contribution in [2.24, 2.45) is 0 Å². The molecule has 102 valence electrons. The number of nitrogens with one attached hydrogen (secondary N) is 1. The van der Waals surface area contributed by atoms with E-state index in [1.54, 1.807) is 0 Å². The van der Waals surface area contributed by atoms with Crippen LogP contribution in [0.25, 0.3) is 0 Å². The van der Waals surface area contributed by atoms with Gasteiger partial charge in [0.1, 0.15) is 5.69 Å². The number of aromatic nitrogens is 1. The Morgan fingerprint density at radius 1 is 1.47 bits per heavy atom. The lowest BCUT2D eigenvalue weighted by Gasteiger charge is -2.15. The van der Waals surface area contributed by atoms with Crippen LogP contribution in [-0.2, 0) is 0 Å². The van der Waals surface area contributed by atoms with E-state index in [1.165, 1.54) is 31.2 Å². The molecular weight excluding hydrogens is 246 g/mol. The van der Waals surface area contributed by atoms with Crippen LogP contribution >= 0.6 is 0 Å². The first-order valence-electron chi connectivity index (χ1n) is 6.25. The third-order valence-corrected chi connectivity index (χ3v) is 3.17. The molecule has 6 heteroatoms. The summed E-state index contributed by atoms with van der Waals surface area (Å²) < 4.78 is 0. The van der Waals surface area contributed by atoms with Crippen molar-refractivity contribution in [3.05, 3.63) is 29.6 Å². The standard InChI is InChI=1S/C13H17N3O3/c1-16(10-3-4-10)7-6-14-12(17)9-2-5-11(13(18)19)15-8-9/h2,5,8,10H,3-4,6-7H2,1H3,(H,14,17)(H,18,19). The normalized spacial score (nSPS) is 14.4. The van der Waals surface area contributed by atoms with Gasteiger partial charge in [0.25, 0.3) is 5.91 Å². The van der Waals surface area contributed by atoms with Crippen LogP contribution in [0.1, 0.15) is 33.7 Å². The van der Waals surface area contributed by atoms with Gasteiger partial charge in [0.15, 0.2) is 0 Å². The summed E-state index contributed by atoms with van der Waals surface area (Å²) in [5.41, 5.74) is 0.309. The number of carbonyl (C=O) groups is 2. The van der Waals surface area contributed by atoms with Crippen molar-refractivity contribution in [3.63, 3.8) is 0 Å². The molecule has 1 aliphatic carbocycles. The molecule has 0 aliphatic heterocycles. The van der Waals surface area contributed by atoms with Crippen molar-refractivity contribution in [3.8, 4) is 0 Å². The Labute approximate surface area is 111 Å². The van der Waals surface area contributed by atoms with E-state index in [0.29, 0.717) is 18.2 Å². The third kappa shape index (κ3) is 3.75. The van der Waals surface area contributed by atoms with Gasteiger partial charge in [0.05, 0.1) is 5.56 Å². The van der Waals surface area contributed by atoms with Crippen LogP contribution in [0, 0.1) is 0 Å². The predicted molar refractivity (Wildman–Crippen MR) is 69.2 cm³/mol. The van der Waals surface area contributed by atoms with E-state index < -0.39 is 5.97 Å². The zero-order valence-electron chi connectivity index (χ0n) is 10.8. The summed E-state index contributed by atoms with van der Waals surface area (Å²) in [5.74, 6) is -1.33. The molecule has 2 N–H and O–H groups in total. The molecule has 0 unspecified atom stereocenters. The zero-order valence-corrected chi connectivity index (χ0v) is 10.8. The smallest absolute Gasteiger partial charge is 0.354 e. The van der Waals surface area contributed by atoms with Gasteiger partial charge in [-0.05, 0) is 32.0 Å². The van der Waals surface area contributed by atoms with Crippen molar-refractivity contribution < 1.29 is 14.7 Å². The first-order valence-corrected chi connectivity index (χ1v) is 6.25. The minimum Gasteiger partial charge on any atom is -0.477 e. The van der Waals surface area contributed by atoms with E-state index in [9.17, 15) is 9.59 Å². The molecule has 0 radical (unpaired) electrons. The Morgan fingerprint density at radius 3 is 2.74 bits per heavy atom. The molecule has 0 aromatic carbocycles. The van der Waals surface area contributed by atoms with Crippen molar-refractivity contribution in [2.75, 3.05) is 20.1 Å². The van der Waals surface area contributed by atoms with Gasteiger partial charge < -0.3 is 15.3 Å². The Balaban J connectivity index is 1.80. The SMILES string of the molecule is CN(CCNC(=O)c1ccc(C(=O)O)nc1)C1CC1. The first kappa shape index (κ1) is 13.5. The van der Waals surface area contributed by atoms with Crippen LogP contribution in [0.5, 0.6) is 0 Å². The molecule has 0 atom stereocenters. The highest BCUT2D eigenvalue weighted by Crippen LogP contribution is 2.24. The van der Waals surface area contributed by atoms with Crippen LogP contribution in [-0.4, -0.2) is 53.0 Å². The maximum absolute atomic E-state index is 11.8. The van der Waals surface area contributed by atoms with E-state index in [-0.39, 0.29) is 11.6 Å². The van der Waals surface area contributed by atoms with Crippen LogP contribution in [0.3, 0.4) is 0 Å². The number of hydrogen-bond acceptors (Lipinski definition) is 4. The number of aromatic carboxylic acids is 1. The van der Waals surface area contributed by atoms with Crippen LogP contribution in [0.4, 0.5) is 0 Å². The second-order valence-electron chi connectivity index (χ2n) is 4.70. The van der Waals surface area contributed by atoms with Crippen molar-refractivity contribution in [1.29, 1.82) is 0 Å². The molecule has 19 heavy (non-hydrogen) atoms. The van der Waals surface area contributed by atoms with Crippen molar-refractivity contribution >= 4 is 11.9 Å². The van der Waals surface area contributed by atoms with Gasteiger partial charge >= 0.3 is 5.97 Å². The van der Waals surface area contributed by atoms with Crippen LogP contribution < -0.4 is 5.32 Å². The fraction of sp³-hybridized carbons (Fsp3) is 0.462. The highest BCUT2D eigenvalue weighted by molar-refractivity contribution is 5.94. The molecule has 1 fully saturated rings. The number of rotatable bonds is 6. The lowest BCUT2D eigenvalue weighted by Crippen LogP contribution is -2.34. The Bertz CT molecular complexity index is 469. The number of amides is 1. The summed E-state index contributed by atoms with van der Waals surface area (Å²) in [6, 6.07) is 3.47. The van der Waals surface area contributed by atoms with E-state index in [4.69, 9.17) is 5.11 Å². The molecule has 1 aromatic heterocycles. The highest BCUT2D eigenvalue weighted by Gasteiger charge is 2.25. The maximum Gasteiger partial charge on any atom is 0.354 e. The first-order chi connectivity index (χ1) is 9.08. The Kier molecular flexibility index (Phi) is 4.11. The lowest BCUT2D eigenvalue weighted by atomic mass is 10.2. The average molecular weight is 263 g/mol. The Morgan fingerprint density at radius 2 is 2.21 bits per heavy atom. The molecule has 2 rings (SSSR count). The molecule has 6 nitrogen and oxygen atoms in total. The van der Waals surface area contributed by atoms with Crippen molar-refractivity contribution in [1.82, 2.24) is 15.2 Å². The molecule has 0 saturated heterocycles. The van der Waals surface area contributed by atoms with Gasteiger partial charge in [-0.15, -0.1) is 0 Å². The number of likely N-dealkylation sites (N-methyl/N-ethyl adjacent to an activating group) is 1. The van der Waals surface area contributed by atoms with Gasteiger partial charge in [0, 0.05) is 25.3 Å². The highest BCUT2D eigenvalue weighted by atomic mass is 16.4. The lowest BCUT2D eigenvalue weighted by molar-refractivity contribution is 0.0689. The van der Waals surface area contributed by atoms with Crippen LogP contribution in [0.15, 0.2) is 18.3 Å². The summed E-state index contributed by atoms with van der Waals surface area (Å²) in [7, 11) is 2.05. The number of nitrogens with zero attached hydrogens (tertiary/aromatic N) is 2. The number of hydrogen-bond donors (Lipinski definition) is 2. The van der Waals surface area contributed by atoms with E-state index in [2.05, 4.69) is 15.2 Å². The van der Waals surface area contributed by atoms with Crippen LogP contribution in [0.2, 0.25) is 0 Å². The molecular formula is C13H17N3O3. The molecule has 1 heterocycles. The summed E-state index contributed by atoms with van der Waals surface area (Å²) in [4.78, 5) is 28.3. The second kappa shape index (κ2) is 5.79. The van der Waals surface area contributed by atoms with E-state index in [0.717, 1.165) is 6.54 Å². The summed E-state index contributed by atoms with van der Waals surface area (Å²) in [6.45, 7) is 1.39. The number of carboxylic acids is 1. The molecule has 1 aliphatic rings. The van der Waals surface area contributed by atoms with E-state index >= 15 is 0 Å². The molecule has 0 bridgehead atoms. The summed E-state index contributed by atoms with van der Waals surface area (Å²) in [6.07, 6.45) is 3.76. The number of pyridine rings is 1. The minimum absolute atomic E-state index is 0.0648. The monoisotopic (exact) mass is 263 g/mol. The maximum atomic E-state index is 11.8. The molecule has 1 saturated carbocycles. The topological polar surface area (TPSA) is 82.5 Å². The number of carbonyl (C=O) groups excluding carboxylic acids is 1. The third-order valence-electron chi connectivity index (χ3n) is 3.17. The second-order valence-corrected chi connectivity index (χ2v) is 4.70. The molecule has 1 aromatic rings. The minimum atomic E-state index is -1.10. The van der Waals surface area contributed by atoms with Crippen molar-refractivity contribution in [2.45, 2.75) is 18.9 Å². The van der Waals surface area contributed by atoms with E-state index in [1.807, 2.05) is 7.05 Å². The molecule has 1 amide bonds. The fourth-order valence-corrected chi connectivity index (χ4v) is 1.80. The fourth-order valence-electron chi connectivity index (χ4n) is 1.80. The summed E-state index contributed by atoms with van der Waals surface area (Å²) >= 11 is 0. The summed E-state index contributed by atoms with van der Waals surface area (Å²) in [5, 5.41) is 11.5.